The van der Waals surface area contributed by atoms with E-state index in [1.807, 2.05) is 29.2 Å². The van der Waals surface area contributed by atoms with Crippen LogP contribution >= 0.6 is 11.3 Å². The number of thiazole rings is 1. The van der Waals surface area contributed by atoms with E-state index in [0.717, 1.165) is 26.7 Å². The lowest BCUT2D eigenvalue weighted by molar-refractivity contribution is 0.194. The fraction of sp³-hybridized carbons (Fsp3) is 0.300. The Labute approximate surface area is 166 Å². The van der Waals surface area contributed by atoms with Crippen molar-refractivity contribution in [1.29, 1.82) is 0 Å². The van der Waals surface area contributed by atoms with Gasteiger partial charge in [0.25, 0.3) is 0 Å². The molecule has 0 bridgehead atoms. The number of rotatable bonds is 4. The van der Waals surface area contributed by atoms with Crippen LogP contribution in [0.2, 0.25) is 0 Å². The average molecular weight is 400 g/mol. The molecule has 6 nitrogen and oxygen atoms in total. The Balaban J connectivity index is 1.30. The SMILES string of the molecule is COc1ccc(CNC(=O)N2CCN(c3nc4ccc(F)cc4s3)CC2)cc1. The van der Waals surface area contributed by atoms with Crippen molar-refractivity contribution in [2.75, 3.05) is 38.2 Å². The monoisotopic (exact) mass is 400 g/mol. The summed E-state index contributed by atoms with van der Waals surface area (Å²) in [6.07, 6.45) is 0. The van der Waals surface area contributed by atoms with Crippen LogP contribution in [0, 0.1) is 5.82 Å². The van der Waals surface area contributed by atoms with Crippen LogP contribution < -0.4 is 15.0 Å². The highest BCUT2D eigenvalue weighted by Gasteiger charge is 2.23. The predicted molar refractivity (Wildman–Crippen MR) is 109 cm³/mol. The first-order chi connectivity index (χ1) is 13.6. The van der Waals surface area contributed by atoms with Gasteiger partial charge in [-0.15, -0.1) is 0 Å². The van der Waals surface area contributed by atoms with E-state index < -0.39 is 0 Å². The first-order valence-corrected chi connectivity index (χ1v) is 9.91. The van der Waals surface area contributed by atoms with Crippen molar-refractivity contribution in [2.45, 2.75) is 6.54 Å². The van der Waals surface area contributed by atoms with Crippen molar-refractivity contribution in [3.63, 3.8) is 0 Å². The maximum Gasteiger partial charge on any atom is 0.317 e. The van der Waals surface area contributed by atoms with E-state index in [1.54, 1.807) is 13.2 Å². The van der Waals surface area contributed by atoms with E-state index in [9.17, 15) is 9.18 Å². The lowest BCUT2D eigenvalue weighted by Crippen LogP contribution is -2.51. The maximum absolute atomic E-state index is 13.4. The van der Waals surface area contributed by atoms with Crippen LogP contribution in [0.4, 0.5) is 14.3 Å². The minimum Gasteiger partial charge on any atom is -0.497 e. The Morgan fingerprint density at radius 1 is 1.18 bits per heavy atom. The number of benzene rings is 2. The predicted octanol–water partition coefficient (Wildman–Crippen LogP) is 3.48. The molecule has 0 saturated carbocycles. The van der Waals surface area contributed by atoms with Gasteiger partial charge in [0.2, 0.25) is 0 Å². The van der Waals surface area contributed by atoms with Gasteiger partial charge in [0.1, 0.15) is 11.6 Å². The van der Waals surface area contributed by atoms with Crippen molar-refractivity contribution in [2.24, 2.45) is 0 Å². The molecule has 1 N–H and O–H groups in total. The zero-order valence-corrected chi connectivity index (χ0v) is 16.3. The van der Waals surface area contributed by atoms with Crippen molar-refractivity contribution in [3.8, 4) is 5.75 Å². The third-order valence-electron chi connectivity index (χ3n) is 4.78. The van der Waals surface area contributed by atoms with Crippen LogP contribution in [-0.4, -0.2) is 49.2 Å². The Hall–Kier alpha value is -2.87. The molecular weight excluding hydrogens is 379 g/mol. The summed E-state index contributed by atoms with van der Waals surface area (Å²) in [4.78, 5) is 21.0. The van der Waals surface area contributed by atoms with E-state index in [-0.39, 0.29) is 11.8 Å². The van der Waals surface area contributed by atoms with Crippen molar-refractivity contribution < 1.29 is 13.9 Å². The number of fused-ring (bicyclic) bond motifs is 1. The van der Waals surface area contributed by atoms with Gasteiger partial charge in [0, 0.05) is 32.7 Å². The van der Waals surface area contributed by atoms with Crippen molar-refractivity contribution in [1.82, 2.24) is 15.2 Å². The third-order valence-corrected chi connectivity index (χ3v) is 5.86. The molecule has 1 aliphatic heterocycles. The topological polar surface area (TPSA) is 57.7 Å². The van der Waals surface area contributed by atoms with Crippen LogP contribution in [-0.2, 0) is 6.54 Å². The average Bonchev–Trinajstić information content (AvgIpc) is 3.15. The van der Waals surface area contributed by atoms with Gasteiger partial charge in [0.05, 0.1) is 17.3 Å². The van der Waals surface area contributed by atoms with Crippen LogP contribution in [0.15, 0.2) is 42.5 Å². The number of aromatic nitrogens is 1. The van der Waals surface area contributed by atoms with Gasteiger partial charge in [-0.3, -0.25) is 0 Å². The van der Waals surface area contributed by atoms with E-state index in [2.05, 4.69) is 15.2 Å². The molecule has 0 aliphatic carbocycles. The maximum atomic E-state index is 13.4. The zero-order valence-electron chi connectivity index (χ0n) is 15.5. The van der Waals surface area contributed by atoms with Gasteiger partial charge in [-0.25, -0.2) is 14.2 Å². The van der Waals surface area contributed by atoms with Crippen molar-refractivity contribution in [3.05, 3.63) is 53.8 Å². The van der Waals surface area contributed by atoms with Gasteiger partial charge in [-0.2, -0.15) is 0 Å². The highest BCUT2D eigenvalue weighted by atomic mass is 32.1. The Morgan fingerprint density at radius 2 is 1.93 bits per heavy atom. The summed E-state index contributed by atoms with van der Waals surface area (Å²) in [5.41, 5.74) is 1.83. The minimum absolute atomic E-state index is 0.0677. The number of halogens is 1. The number of anilines is 1. The number of urea groups is 1. The highest BCUT2D eigenvalue weighted by Crippen LogP contribution is 2.29. The largest absolute Gasteiger partial charge is 0.497 e. The molecule has 28 heavy (non-hydrogen) atoms. The number of nitrogens with zero attached hydrogens (tertiary/aromatic N) is 3. The van der Waals surface area contributed by atoms with Gasteiger partial charge >= 0.3 is 6.03 Å². The highest BCUT2D eigenvalue weighted by molar-refractivity contribution is 7.22. The summed E-state index contributed by atoms with van der Waals surface area (Å²) in [6, 6.07) is 12.2. The van der Waals surface area contributed by atoms with Crippen molar-refractivity contribution >= 4 is 32.7 Å². The van der Waals surface area contributed by atoms with Gasteiger partial charge < -0.3 is 19.9 Å². The first-order valence-electron chi connectivity index (χ1n) is 9.09. The normalized spacial score (nSPS) is 14.4. The standard InChI is InChI=1S/C20H21FN4O2S/c1-27-16-5-2-14(3-6-16)13-22-19(26)24-8-10-25(11-9-24)20-23-17-7-4-15(21)12-18(17)28-20/h2-7,12H,8-11,13H2,1H3,(H,22,26). The second-order valence-electron chi connectivity index (χ2n) is 6.59. The number of carbonyl (C=O) groups is 1. The fourth-order valence-corrected chi connectivity index (χ4v) is 4.20. The molecule has 4 rings (SSSR count). The van der Waals surface area contributed by atoms with Gasteiger partial charge in [-0.1, -0.05) is 23.5 Å². The first kappa shape index (κ1) is 18.5. The van der Waals surface area contributed by atoms with E-state index >= 15 is 0 Å². The fourth-order valence-electron chi connectivity index (χ4n) is 3.16. The number of carbonyl (C=O) groups excluding carboxylic acids is 1. The molecule has 0 spiro atoms. The molecule has 2 amide bonds. The molecule has 1 fully saturated rings. The van der Waals surface area contributed by atoms with Gasteiger partial charge in [-0.05, 0) is 35.9 Å². The Kier molecular flexibility index (Phi) is 5.29. The third kappa shape index (κ3) is 4.01. The molecular formula is C20H21FN4O2S. The number of ether oxygens (including phenoxy) is 1. The summed E-state index contributed by atoms with van der Waals surface area (Å²) < 4.78 is 19.4. The molecule has 1 saturated heterocycles. The molecule has 2 heterocycles. The molecule has 146 valence electrons. The number of piperazine rings is 1. The summed E-state index contributed by atoms with van der Waals surface area (Å²) in [5.74, 6) is 0.546. The lowest BCUT2D eigenvalue weighted by Gasteiger charge is -2.34. The minimum atomic E-state index is -0.249. The quantitative estimate of drug-likeness (QED) is 0.729. The summed E-state index contributed by atoms with van der Waals surface area (Å²) in [6.45, 7) is 3.14. The molecule has 8 heteroatoms. The summed E-state index contributed by atoms with van der Waals surface area (Å²) in [5, 5.41) is 3.84. The van der Waals surface area contributed by atoms with Crippen LogP contribution in [0.1, 0.15) is 5.56 Å². The second-order valence-corrected chi connectivity index (χ2v) is 7.60. The Morgan fingerprint density at radius 3 is 2.64 bits per heavy atom. The van der Waals surface area contributed by atoms with Crippen LogP contribution in [0.3, 0.4) is 0 Å². The molecule has 0 atom stereocenters. The number of amides is 2. The van der Waals surface area contributed by atoms with E-state index in [0.29, 0.717) is 32.7 Å². The number of hydrogen-bond donors (Lipinski definition) is 1. The lowest BCUT2D eigenvalue weighted by atomic mass is 10.2. The van der Waals surface area contributed by atoms with Crippen LogP contribution in [0.5, 0.6) is 5.75 Å². The number of methoxy groups -OCH3 is 1. The molecule has 0 unspecified atom stereocenters. The molecule has 3 aromatic rings. The number of hydrogen-bond acceptors (Lipinski definition) is 5. The molecule has 2 aromatic carbocycles. The molecule has 1 aliphatic rings. The Bertz CT molecular complexity index is 968. The molecule has 0 radical (unpaired) electrons. The van der Waals surface area contributed by atoms with Gasteiger partial charge in [0.15, 0.2) is 5.13 Å². The van der Waals surface area contributed by atoms with E-state index in [4.69, 9.17) is 4.74 Å². The number of nitrogens with one attached hydrogen (secondary N) is 1. The summed E-state index contributed by atoms with van der Waals surface area (Å²) in [7, 11) is 1.63. The zero-order chi connectivity index (χ0) is 19.5. The van der Waals surface area contributed by atoms with E-state index in [1.165, 1.54) is 23.5 Å². The second kappa shape index (κ2) is 8.02. The molecule has 1 aromatic heterocycles. The summed E-state index contributed by atoms with van der Waals surface area (Å²) >= 11 is 1.48. The van der Waals surface area contributed by atoms with Crippen LogP contribution in [0.25, 0.3) is 10.2 Å². The smallest absolute Gasteiger partial charge is 0.317 e.